The van der Waals surface area contributed by atoms with Gasteiger partial charge in [0.05, 0.1) is 6.04 Å². The zero-order valence-electron chi connectivity index (χ0n) is 7.78. The lowest BCUT2D eigenvalue weighted by molar-refractivity contribution is 0.255. The molecule has 0 aliphatic carbocycles. The Morgan fingerprint density at radius 2 is 2.23 bits per heavy atom. The fourth-order valence-corrected chi connectivity index (χ4v) is 2.85. The number of rotatable bonds is 3. The van der Waals surface area contributed by atoms with Crippen molar-refractivity contribution in [2.45, 2.75) is 18.9 Å². The number of hydrogen-bond donors (Lipinski definition) is 1. The van der Waals surface area contributed by atoms with Crippen LogP contribution in [-0.4, -0.2) is 24.5 Å². The van der Waals surface area contributed by atoms with E-state index in [-0.39, 0.29) is 0 Å². The molecule has 0 bridgehead atoms. The van der Waals surface area contributed by atoms with E-state index in [1.807, 2.05) is 11.3 Å². The van der Waals surface area contributed by atoms with Crippen LogP contribution in [0.1, 0.15) is 23.8 Å². The van der Waals surface area contributed by atoms with Gasteiger partial charge in [0, 0.05) is 11.4 Å². The van der Waals surface area contributed by atoms with Gasteiger partial charge in [0.15, 0.2) is 0 Å². The van der Waals surface area contributed by atoms with Crippen LogP contribution in [0, 0.1) is 0 Å². The number of hydrogen-bond acceptors (Lipinski definition) is 3. The largest absolute Gasteiger partial charge is 0.329 e. The maximum Gasteiger partial charge on any atom is 0.0564 e. The summed E-state index contributed by atoms with van der Waals surface area (Å²) < 4.78 is 0. The molecule has 72 valence electrons. The van der Waals surface area contributed by atoms with Crippen molar-refractivity contribution in [2.24, 2.45) is 5.73 Å². The van der Waals surface area contributed by atoms with Crippen molar-refractivity contribution in [1.29, 1.82) is 0 Å². The maximum absolute atomic E-state index is 5.81. The van der Waals surface area contributed by atoms with Gasteiger partial charge in [-0.05, 0) is 37.4 Å². The topological polar surface area (TPSA) is 29.3 Å². The Morgan fingerprint density at radius 1 is 1.46 bits per heavy atom. The van der Waals surface area contributed by atoms with Crippen molar-refractivity contribution in [2.75, 3.05) is 19.6 Å². The van der Waals surface area contributed by atoms with Crippen LogP contribution in [0.15, 0.2) is 17.5 Å². The standard InChI is InChI=1S/C10H16N2S/c11-8-9(10-4-3-7-13-10)12-5-1-2-6-12/h3-4,7,9H,1-2,5-6,8,11H2/t9-/m0/s1. The first-order valence-electron chi connectivity index (χ1n) is 4.89. The lowest BCUT2D eigenvalue weighted by Gasteiger charge is -2.24. The molecule has 1 saturated heterocycles. The first-order chi connectivity index (χ1) is 6.42. The van der Waals surface area contributed by atoms with Gasteiger partial charge >= 0.3 is 0 Å². The molecular formula is C10H16N2S. The minimum atomic E-state index is 0.475. The molecular weight excluding hydrogens is 180 g/mol. The average molecular weight is 196 g/mol. The number of nitrogens with zero attached hydrogens (tertiary/aromatic N) is 1. The van der Waals surface area contributed by atoms with Gasteiger partial charge in [-0.3, -0.25) is 4.90 Å². The summed E-state index contributed by atoms with van der Waals surface area (Å²) in [7, 11) is 0. The first kappa shape index (κ1) is 9.19. The lowest BCUT2D eigenvalue weighted by Crippen LogP contribution is -2.30. The zero-order valence-corrected chi connectivity index (χ0v) is 8.59. The van der Waals surface area contributed by atoms with E-state index < -0.39 is 0 Å². The van der Waals surface area contributed by atoms with Crippen LogP contribution < -0.4 is 5.73 Å². The summed E-state index contributed by atoms with van der Waals surface area (Å²) in [5, 5.41) is 2.13. The number of nitrogens with two attached hydrogens (primary N) is 1. The molecule has 0 radical (unpaired) electrons. The SMILES string of the molecule is NC[C@@H](c1cccs1)N1CCCC1. The number of thiophene rings is 1. The highest BCUT2D eigenvalue weighted by Gasteiger charge is 2.22. The summed E-state index contributed by atoms with van der Waals surface area (Å²) in [5.74, 6) is 0. The van der Waals surface area contributed by atoms with Crippen LogP contribution in [0.5, 0.6) is 0 Å². The molecule has 2 heterocycles. The van der Waals surface area contributed by atoms with Crippen LogP contribution in [0.4, 0.5) is 0 Å². The van der Waals surface area contributed by atoms with Crippen molar-refractivity contribution >= 4 is 11.3 Å². The molecule has 1 atom stereocenters. The monoisotopic (exact) mass is 196 g/mol. The highest BCUT2D eigenvalue weighted by molar-refractivity contribution is 7.10. The predicted octanol–water partition coefficient (Wildman–Crippen LogP) is 1.84. The Balaban J connectivity index is 2.08. The minimum absolute atomic E-state index is 0.475. The van der Waals surface area contributed by atoms with Crippen LogP contribution >= 0.6 is 11.3 Å². The second-order valence-corrected chi connectivity index (χ2v) is 4.49. The molecule has 0 unspecified atom stereocenters. The van der Waals surface area contributed by atoms with Crippen molar-refractivity contribution in [3.05, 3.63) is 22.4 Å². The molecule has 2 nitrogen and oxygen atoms in total. The molecule has 2 rings (SSSR count). The van der Waals surface area contributed by atoms with Gasteiger partial charge in [-0.2, -0.15) is 0 Å². The Bertz CT molecular complexity index is 239. The number of likely N-dealkylation sites (tertiary alicyclic amines) is 1. The van der Waals surface area contributed by atoms with Crippen LogP contribution in [0.2, 0.25) is 0 Å². The second kappa shape index (κ2) is 4.22. The normalized spacial score (nSPS) is 20.7. The summed E-state index contributed by atoms with van der Waals surface area (Å²) in [6.07, 6.45) is 2.67. The summed E-state index contributed by atoms with van der Waals surface area (Å²) in [4.78, 5) is 3.93. The summed E-state index contributed by atoms with van der Waals surface area (Å²) in [6.45, 7) is 3.19. The Hall–Kier alpha value is -0.380. The summed E-state index contributed by atoms with van der Waals surface area (Å²) in [5.41, 5.74) is 5.81. The van der Waals surface area contributed by atoms with E-state index in [1.165, 1.54) is 30.8 Å². The Kier molecular flexibility index (Phi) is 2.98. The van der Waals surface area contributed by atoms with Crippen LogP contribution in [0.3, 0.4) is 0 Å². The zero-order chi connectivity index (χ0) is 9.10. The van der Waals surface area contributed by atoms with Crippen molar-refractivity contribution in [3.63, 3.8) is 0 Å². The van der Waals surface area contributed by atoms with E-state index in [1.54, 1.807) is 0 Å². The van der Waals surface area contributed by atoms with Crippen molar-refractivity contribution in [3.8, 4) is 0 Å². The first-order valence-corrected chi connectivity index (χ1v) is 5.77. The molecule has 0 saturated carbocycles. The van der Waals surface area contributed by atoms with E-state index in [2.05, 4.69) is 22.4 Å². The van der Waals surface area contributed by atoms with Gasteiger partial charge in [0.1, 0.15) is 0 Å². The molecule has 3 heteroatoms. The quantitative estimate of drug-likeness (QED) is 0.799. The predicted molar refractivity (Wildman–Crippen MR) is 56.9 cm³/mol. The minimum Gasteiger partial charge on any atom is -0.329 e. The summed E-state index contributed by atoms with van der Waals surface area (Å²) >= 11 is 1.82. The van der Waals surface area contributed by atoms with E-state index in [0.29, 0.717) is 6.04 Å². The molecule has 1 aliphatic heterocycles. The van der Waals surface area contributed by atoms with Gasteiger partial charge in [-0.25, -0.2) is 0 Å². The van der Waals surface area contributed by atoms with E-state index in [0.717, 1.165) is 6.54 Å². The van der Waals surface area contributed by atoms with Gasteiger partial charge in [0.25, 0.3) is 0 Å². The molecule has 1 aromatic rings. The van der Waals surface area contributed by atoms with Crippen molar-refractivity contribution in [1.82, 2.24) is 4.90 Å². The molecule has 1 aromatic heterocycles. The fourth-order valence-electron chi connectivity index (χ4n) is 1.98. The molecule has 1 fully saturated rings. The van der Waals surface area contributed by atoms with E-state index >= 15 is 0 Å². The third kappa shape index (κ3) is 1.93. The van der Waals surface area contributed by atoms with Gasteiger partial charge in [0.2, 0.25) is 0 Å². The van der Waals surface area contributed by atoms with E-state index in [9.17, 15) is 0 Å². The van der Waals surface area contributed by atoms with Gasteiger partial charge in [-0.1, -0.05) is 6.07 Å². The third-order valence-electron chi connectivity index (χ3n) is 2.68. The molecule has 2 N–H and O–H groups in total. The molecule has 13 heavy (non-hydrogen) atoms. The van der Waals surface area contributed by atoms with Gasteiger partial charge in [-0.15, -0.1) is 11.3 Å². The van der Waals surface area contributed by atoms with Gasteiger partial charge < -0.3 is 5.73 Å². The maximum atomic E-state index is 5.81. The van der Waals surface area contributed by atoms with Crippen molar-refractivity contribution < 1.29 is 0 Å². The molecule has 0 spiro atoms. The smallest absolute Gasteiger partial charge is 0.0564 e. The average Bonchev–Trinajstić information content (AvgIpc) is 2.76. The Morgan fingerprint density at radius 3 is 2.77 bits per heavy atom. The fraction of sp³-hybridized carbons (Fsp3) is 0.600. The van der Waals surface area contributed by atoms with Crippen LogP contribution in [-0.2, 0) is 0 Å². The molecule has 1 aliphatic rings. The lowest BCUT2D eigenvalue weighted by atomic mass is 10.2. The second-order valence-electron chi connectivity index (χ2n) is 3.51. The molecule has 0 aromatic carbocycles. The highest BCUT2D eigenvalue weighted by atomic mass is 32.1. The van der Waals surface area contributed by atoms with Crippen LogP contribution in [0.25, 0.3) is 0 Å². The summed E-state index contributed by atoms with van der Waals surface area (Å²) in [6, 6.07) is 4.78. The highest BCUT2D eigenvalue weighted by Crippen LogP contribution is 2.27. The van der Waals surface area contributed by atoms with E-state index in [4.69, 9.17) is 5.73 Å². The third-order valence-corrected chi connectivity index (χ3v) is 3.65. The Labute approximate surface area is 83.4 Å². The molecule has 0 amide bonds.